The number of dihydropyridines is 1. The normalized spacial score (nSPS) is 24.4. The molecule has 0 aromatic heterocycles. The first-order chi connectivity index (χ1) is 13.7. The standard InChI is InChI=1S/C24H28BrNO3/c1-14-20(23(28)29-17-9-4-5-10-17)21(15-7-6-8-16(25)11-15)22-18(26-14)12-24(2,3)13-19(22)27/h6-8,11,17,21,26H,4-5,9-10,12-13H2,1-3H3/t21-/m1/s1. The molecule has 1 saturated carbocycles. The van der Waals surface area contributed by atoms with E-state index in [0.717, 1.165) is 59.1 Å². The van der Waals surface area contributed by atoms with Crippen molar-refractivity contribution in [3.63, 3.8) is 0 Å². The lowest BCUT2D eigenvalue weighted by molar-refractivity contribution is -0.144. The fourth-order valence-electron chi connectivity index (χ4n) is 4.95. The maximum absolute atomic E-state index is 13.3. The number of nitrogens with one attached hydrogen (secondary N) is 1. The van der Waals surface area contributed by atoms with Crippen LogP contribution in [0.15, 0.2) is 51.3 Å². The first-order valence-electron chi connectivity index (χ1n) is 10.5. The number of Topliss-reactive ketones (excluding diaryl/α,β-unsaturated/α-hetero) is 1. The summed E-state index contributed by atoms with van der Waals surface area (Å²) in [6, 6.07) is 7.91. The Morgan fingerprint density at radius 2 is 1.93 bits per heavy atom. The van der Waals surface area contributed by atoms with Gasteiger partial charge < -0.3 is 10.1 Å². The molecule has 1 heterocycles. The molecule has 0 saturated heterocycles. The van der Waals surface area contributed by atoms with Crippen molar-refractivity contribution in [2.45, 2.75) is 71.3 Å². The molecule has 0 bridgehead atoms. The zero-order valence-corrected chi connectivity index (χ0v) is 18.9. The van der Waals surface area contributed by atoms with Crippen LogP contribution in [0.1, 0.15) is 70.8 Å². The van der Waals surface area contributed by atoms with Crippen LogP contribution in [0.3, 0.4) is 0 Å². The molecule has 29 heavy (non-hydrogen) atoms. The van der Waals surface area contributed by atoms with Crippen molar-refractivity contribution in [2.24, 2.45) is 5.41 Å². The summed E-state index contributed by atoms with van der Waals surface area (Å²) in [6.45, 7) is 6.16. The van der Waals surface area contributed by atoms with E-state index < -0.39 is 0 Å². The average molecular weight is 458 g/mol. The van der Waals surface area contributed by atoms with E-state index in [0.29, 0.717) is 12.0 Å². The number of esters is 1. The van der Waals surface area contributed by atoms with Gasteiger partial charge in [-0.2, -0.15) is 0 Å². The number of ketones is 1. The molecule has 0 spiro atoms. The van der Waals surface area contributed by atoms with Gasteiger partial charge in [-0.15, -0.1) is 0 Å². The van der Waals surface area contributed by atoms with Gasteiger partial charge in [0.25, 0.3) is 0 Å². The van der Waals surface area contributed by atoms with Gasteiger partial charge in [-0.1, -0.05) is 41.9 Å². The predicted molar refractivity (Wildman–Crippen MR) is 116 cm³/mol. The van der Waals surface area contributed by atoms with Gasteiger partial charge in [0.15, 0.2) is 5.78 Å². The molecule has 4 rings (SSSR count). The van der Waals surface area contributed by atoms with Crippen LogP contribution < -0.4 is 5.32 Å². The Morgan fingerprint density at radius 1 is 1.21 bits per heavy atom. The van der Waals surface area contributed by atoms with Crippen LogP contribution in [0, 0.1) is 5.41 Å². The summed E-state index contributed by atoms with van der Waals surface area (Å²) in [7, 11) is 0. The van der Waals surface area contributed by atoms with Crippen molar-refractivity contribution in [3.05, 3.63) is 56.8 Å². The minimum atomic E-state index is -0.388. The zero-order chi connectivity index (χ0) is 20.8. The van der Waals surface area contributed by atoms with Gasteiger partial charge in [0.1, 0.15) is 6.10 Å². The summed E-state index contributed by atoms with van der Waals surface area (Å²) in [6.07, 6.45) is 5.32. The number of rotatable bonds is 3. The van der Waals surface area contributed by atoms with Crippen molar-refractivity contribution in [2.75, 3.05) is 0 Å². The SMILES string of the molecule is CC1=C(C(=O)OC2CCCC2)[C@@H](c2cccc(Br)c2)C2=C(CC(C)(C)CC2=O)N1. The number of halogens is 1. The summed E-state index contributed by atoms with van der Waals surface area (Å²) in [5.41, 5.74) is 3.90. The van der Waals surface area contributed by atoms with Crippen molar-refractivity contribution in [3.8, 4) is 0 Å². The highest BCUT2D eigenvalue weighted by atomic mass is 79.9. The van der Waals surface area contributed by atoms with Gasteiger partial charge in [-0.05, 0) is 62.1 Å². The fourth-order valence-corrected chi connectivity index (χ4v) is 5.36. The average Bonchev–Trinajstić information content (AvgIpc) is 3.12. The van der Waals surface area contributed by atoms with Crippen LogP contribution in [-0.2, 0) is 14.3 Å². The highest BCUT2D eigenvalue weighted by molar-refractivity contribution is 9.10. The van der Waals surface area contributed by atoms with E-state index >= 15 is 0 Å². The monoisotopic (exact) mass is 457 g/mol. The summed E-state index contributed by atoms with van der Waals surface area (Å²) in [5, 5.41) is 3.40. The van der Waals surface area contributed by atoms with Gasteiger partial charge in [-0.3, -0.25) is 4.79 Å². The highest BCUT2D eigenvalue weighted by Crippen LogP contribution is 2.47. The summed E-state index contributed by atoms with van der Waals surface area (Å²) < 4.78 is 6.81. The van der Waals surface area contributed by atoms with Gasteiger partial charge in [0.2, 0.25) is 0 Å². The third-order valence-electron chi connectivity index (χ3n) is 6.22. The smallest absolute Gasteiger partial charge is 0.337 e. The minimum Gasteiger partial charge on any atom is -0.459 e. The van der Waals surface area contributed by atoms with Crippen LogP contribution >= 0.6 is 15.9 Å². The number of carbonyl (C=O) groups is 2. The predicted octanol–water partition coefficient (Wildman–Crippen LogP) is 5.54. The highest BCUT2D eigenvalue weighted by Gasteiger charge is 2.43. The molecule has 1 atom stereocenters. The van der Waals surface area contributed by atoms with E-state index in [1.165, 1.54) is 0 Å². The van der Waals surface area contributed by atoms with Crippen LogP contribution in [0.25, 0.3) is 0 Å². The van der Waals surface area contributed by atoms with Crippen LogP contribution in [0.2, 0.25) is 0 Å². The molecule has 0 radical (unpaired) electrons. The van der Waals surface area contributed by atoms with Crippen molar-refractivity contribution in [1.29, 1.82) is 0 Å². The molecule has 0 amide bonds. The second-order valence-corrected chi connectivity index (χ2v) is 10.2. The number of ether oxygens (including phenoxy) is 1. The first-order valence-corrected chi connectivity index (χ1v) is 11.2. The molecule has 2 aliphatic carbocycles. The van der Waals surface area contributed by atoms with E-state index in [4.69, 9.17) is 4.74 Å². The number of carbonyl (C=O) groups excluding carboxylic acids is 2. The summed E-state index contributed by atoms with van der Waals surface area (Å²) >= 11 is 3.54. The maximum atomic E-state index is 13.3. The van der Waals surface area contributed by atoms with Gasteiger partial charge in [0.05, 0.1) is 5.57 Å². The van der Waals surface area contributed by atoms with Crippen molar-refractivity contribution < 1.29 is 14.3 Å². The number of hydrogen-bond acceptors (Lipinski definition) is 4. The second kappa shape index (κ2) is 7.75. The quantitative estimate of drug-likeness (QED) is 0.605. The fraction of sp³-hybridized carbons (Fsp3) is 0.500. The lowest BCUT2D eigenvalue weighted by Crippen LogP contribution is -2.39. The van der Waals surface area contributed by atoms with Gasteiger partial charge >= 0.3 is 5.97 Å². The molecule has 5 heteroatoms. The Morgan fingerprint density at radius 3 is 2.62 bits per heavy atom. The largest absolute Gasteiger partial charge is 0.459 e. The molecule has 4 nitrogen and oxygen atoms in total. The molecule has 1 aromatic rings. The third-order valence-corrected chi connectivity index (χ3v) is 6.71. The number of benzene rings is 1. The van der Waals surface area contributed by atoms with E-state index in [1.807, 2.05) is 31.2 Å². The minimum absolute atomic E-state index is 0.0117. The lowest BCUT2D eigenvalue weighted by atomic mass is 9.68. The third kappa shape index (κ3) is 4.07. The lowest BCUT2D eigenvalue weighted by Gasteiger charge is -2.39. The molecule has 1 aliphatic heterocycles. The molecule has 3 aliphatic rings. The van der Waals surface area contributed by atoms with E-state index in [1.54, 1.807) is 0 Å². The first kappa shape index (κ1) is 20.4. The Balaban J connectivity index is 1.79. The van der Waals surface area contributed by atoms with E-state index in [9.17, 15) is 9.59 Å². The van der Waals surface area contributed by atoms with Crippen LogP contribution in [0.5, 0.6) is 0 Å². The number of allylic oxidation sites excluding steroid dienone is 3. The molecular formula is C24H28BrNO3. The van der Waals surface area contributed by atoms with Crippen LogP contribution in [-0.4, -0.2) is 17.9 Å². The topological polar surface area (TPSA) is 55.4 Å². The van der Waals surface area contributed by atoms with Gasteiger partial charge in [-0.25, -0.2) is 4.79 Å². The second-order valence-electron chi connectivity index (χ2n) is 9.30. The molecule has 0 unspecified atom stereocenters. The Labute approximate surface area is 180 Å². The number of hydrogen-bond donors (Lipinski definition) is 1. The Hall–Kier alpha value is -1.88. The van der Waals surface area contributed by atoms with Crippen LogP contribution in [0.4, 0.5) is 0 Å². The Bertz CT molecular complexity index is 922. The summed E-state index contributed by atoms with van der Waals surface area (Å²) in [4.78, 5) is 26.5. The molecule has 154 valence electrons. The maximum Gasteiger partial charge on any atom is 0.337 e. The van der Waals surface area contributed by atoms with E-state index in [2.05, 4.69) is 35.1 Å². The molecule has 1 N–H and O–H groups in total. The summed E-state index contributed by atoms with van der Waals surface area (Å²) in [5.74, 6) is -0.565. The zero-order valence-electron chi connectivity index (χ0n) is 17.3. The van der Waals surface area contributed by atoms with E-state index in [-0.39, 0.29) is 29.2 Å². The molecular weight excluding hydrogens is 430 g/mol. The molecule has 1 aromatic carbocycles. The molecule has 1 fully saturated rings. The Kier molecular flexibility index (Phi) is 5.45. The van der Waals surface area contributed by atoms with Crippen molar-refractivity contribution in [1.82, 2.24) is 5.32 Å². The van der Waals surface area contributed by atoms with Crippen molar-refractivity contribution >= 4 is 27.7 Å². The van der Waals surface area contributed by atoms with Gasteiger partial charge in [0, 0.05) is 33.8 Å².